The fraction of sp³-hybridized carbons (Fsp3) is 0.478. The van der Waals surface area contributed by atoms with Crippen molar-refractivity contribution in [3.63, 3.8) is 0 Å². The number of nitrogens with zero attached hydrogens (tertiary/aromatic N) is 3. The smallest absolute Gasteiger partial charge is 0.313 e. The topological polar surface area (TPSA) is 121 Å². The van der Waals surface area contributed by atoms with Crippen molar-refractivity contribution in [3.05, 3.63) is 56.3 Å². The Morgan fingerprint density at radius 3 is 2.24 bits per heavy atom. The summed E-state index contributed by atoms with van der Waals surface area (Å²) in [6.07, 6.45) is 1.28. The zero-order chi connectivity index (χ0) is 25.2. The van der Waals surface area contributed by atoms with Crippen molar-refractivity contribution in [2.24, 2.45) is 5.92 Å². The largest absolute Gasteiger partial charge is 0.361 e. The van der Waals surface area contributed by atoms with E-state index in [1.165, 1.54) is 36.9 Å². The molecule has 10 heteroatoms. The Hall–Kier alpha value is -3.01. The highest BCUT2D eigenvalue weighted by Gasteiger charge is 2.30. The first-order chi connectivity index (χ1) is 15.2. The minimum atomic E-state index is -3.99. The molecule has 33 heavy (non-hydrogen) atoms. The molecule has 0 bridgehead atoms. The Kier molecular flexibility index (Phi) is 7.84. The second-order valence-corrected chi connectivity index (χ2v) is 11.0. The van der Waals surface area contributed by atoms with Gasteiger partial charge in [-0.3, -0.25) is 14.9 Å². The quantitative estimate of drug-likeness (QED) is 0.217. The Balaban J connectivity index is 2.74. The normalized spacial score (nSPS) is 11.7. The fourth-order valence-electron chi connectivity index (χ4n) is 3.26. The third-order valence-corrected chi connectivity index (χ3v) is 6.90. The predicted octanol–water partition coefficient (Wildman–Crippen LogP) is 4.92. The number of nitro benzene ring substituents is 1. The van der Waals surface area contributed by atoms with E-state index in [1.807, 2.05) is 27.7 Å². The van der Waals surface area contributed by atoms with E-state index in [4.69, 9.17) is 4.18 Å². The maximum absolute atomic E-state index is 13.6. The van der Waals surface area contributed by atoms with Crippen LogP contribution in [0.2, 0.25) is 0 Å². The molecule has 0 fully saturated rings. The molecule has 0 aliphatic carbocycles. The monoisotopic (exact) mass is 477 g/mol. The van der Waals surface area contributed by atoms with Crippen molar-refractivity contribution in [3.8, 4) is 5.88 Å². The van der Waals surface area contributed by atoms with E-state index in [1.54, 1.807) is 13.8 Å². The van der Waals surface area contributed by atoms with Crippen LogP contribution in [0.3, 0.4) is 0 Å². The van der Waals surface area contributed by atoms with E-state index in [-0.39, 0.29) is 28.6 Å². The van der Waals surface area contributed by atoms with Crippen LogP contribution in [0.5, 0.6) is 5.88 Å². The summed E-state index contributed by atoms with van der Waals surface area (Å²) in [5.41, 5.74) is 2.48. The van der Waals surface area contributed by atoms with Gasteiger partial charge in [-0.2, -0.15) is 13.5 Å². The molecule has 0 aliphatic rings. The molecule has 0 unspecified atom stereocenters. The molecule has 0 radical (unpaired) electrons. The van der Waals surface area contributed by atoms with Crippen molar-refractivity contribution in [2.45, 2.75) is 67.2 Å². The number of hydrogen-bond donors (Lipinski definition) is 0. The third kappa shape index (κ3) is 5.50. The maximum Gasteiger partial charge on any atom is 0.313 e. The summed E-state index contributed by atoms with van der Waals surface area (Å²) >= 11 is 0. The molecular formula is C23H31N3O6S. The zero-order valence-electron chi connectivity index (χ0n) is 20.3. The lowest BCUT2D eigenvalue weighted by Gasteiger charge is -2.15. The first kappa shape index (κ1) is 26.2. The molecule has 0 spiro atoms. The second-order valence-electron chi connectivity index (χ2n) is 8.91. The number of carbonyl (C=O) groups is 1. The fourth-order valence-corrected chi connectivity index (χ4v) is 3.85. The van der Waals surface area contributed by atoms with Gasteiger partial charge in [-0.05, 0) is 64.7 Å². The van der Waals surface area contributed by atoms with Crippen LogP contribution < -0.4 is 4.18 Å². The van der Waals surface area contributed by atoms with Crippen LogP contribution >= 0.6 is 0 Å². The van der Waals surface area contributed by atoms with Gasteiger partial charge in [0, 0.05) is 18.2 Å². The van der Waals surface area contributed by atoms with Crippen LogP contribution in [0.1, 0.15) is 75.5 Å². The van der Waals surface area contributed by atoms with Gasteiger partial charge in [0.15, 0.2) is 5.78 Å². The summed E-state index contributed by atoms with van der Waals surface area (Å²) < 4.78 is 31.7. The van der Waals surface area contributed by atoms with Crippen molar-refractivity contribution >= 4 is 27.2 Å². The van der Waals surface area contributed by atoms with E-state index in [0.717, 1.165) is 5.57 Å². The van der Waals surface area contributed by atoms with Crippen molar-refractivity contribution in [1.29, 1.82) is 0 Å². The average molecular weight is 478 g/mol. The molecule has 2 aromatic rings. The summed E-state index contributed by atoms with van der Waals surface area (Å²) in [4.78, 5) is 24.7. The van der Waals surface area contributed by atoms with Crippen LogP contribution in [-0.2, 0) is 16.7 Å². The molecule has 0 saturated heterocycles. The van der Waals surface area contributed by atoms with Crippen molar-refractivity contribution in [2.75, 3.05) is 0 Å². The Morgan fingerprint density at radius 1 is 1.15 bits per heavy atom. The molecule has 2 rings (SSSR count). The van der Waals surface area contributed by atoms with Gasteiger partial charge in [0.25, 0.3) is 5.69 Å². The minimum absolute atomic E-state index is 0.0161. The van der Waals surface area contributed by atoms with Crippen LogP contribution in [0, 0.1) is 23.0 Å². The summed E-state index contributed by atoms with van der Waals surface area (Å²) in [6, 6.07) is 2.68. The number of rotatable bonds is 9. The van der Waals surface area contributed by atoms with Crippen LogP contribution in [0.4, 0.5) is 5.69 Å². The molecule has 0 atom stereocenters. The number of nitro groups is 1. The number of benzene rings is 1. The number of allylic oxidation sites excluding steroid dienone is 2. The van der Waals surface area contributed by atoms with Crippen LogP contribution in [0.25, 0.3) is 5.57 Å². The van der Waals surface area contributed by atoms with E-state index in [2.05, 4.69) is 5.10 Å². The van der Waals surface area contributed by atoms with Gasteiger partial charge in [-0.15, -0.1) is 0 Å². The van der Waals surface area contributed by atoms with E-state index >= 15 is 0 Å². The lowest BCUT2D eigenvalue weighted by atomic mass is 9.90. The van der Waals surface area contributed by atoms with E-state index < -0.39 is 26.1 Å². The molecule has 0 N–H and O–H groups in total. The van der Waals surface area contributed by atoms with Gasteiger partial charge >= 0.3 is 10.1 Å². The third-order valence-electron chi connectivity index (χ3n) is 5.36. The molecule has 1 aromatic heterocycles. The predicted molar refractivity (Wildman–Crippen MR) is 127 cm³/mol. The molecule has 1 heterocycles. The minimum Gasteiger partial charge on any atom is -0.361 e. The Morgan fingerprint density at radius 2 is 1.76 bits per heavy atom. The number of hydrogen-bond acceptors (Lipinski definition) is 7. The van der Waals surface area contributed by atoms with Crippen LogP contribution in [0.15, 0.2) is 23.9 Å². The summed E-state index contributed by atoms with van der Waals surface area (Å²) in [5, 5.41) is 15.0. The standard InChI is InChI=1S/C23H31N3O6S/c1-13(2)12-25-23(32-33(30,31)15(5)6)19(11-24-25)22(27)18-9-10-20(26(28)29)21(17(18)8)16(7)14(3)4/h9-11,13,15H,12H2,1-8H3. The average Bonchev–Trinajstić information content (AvgIpc) is 3.07. The summed E-state index contributed by atoms with van der Waals surface area (Å²) in [6.45, 7) is 14.3. The summed E-state index contributed by atoms with van der Waals surface area (Å²) in [7, 11) is -3.99. The van der Waals surface area contributed by atoms with E-state index in [9.17, 15) is 23.3 Å². The summed E-state index contributed by atoms with van der Waals surface area (Å²) in [5.74, 6) is -0.556. The first-order valence-corrected chi connectivity index (χ1v) is 12.1. The number of aromatic nitrogens is 2. The molecule has 0 saturated carbocycles. The van der Waals surface area contributed by atoms with Gasteiger partial charge in [0.2, 0.25) is 5.88 Å². The molecular weight excluding hydrogens is 446 g/mol. The molecule has 9 nitrogen and oxygen atoms in total. The maximum atomic E-state index is 13.6. The lowest BCUT2D eigenvalue weighted by molar-refractivity contribution is -0.385. The van der Waals surface area contributed by atoms with E-state index in [0.29, 0.717) is 23.2 Å². The molecule has 180 valence electrons. The number of ketones is 1. The molecule has 1 aromatic carbocycles. The second kappa shape index (κ2) is 9.86. The van der Waals surface area contributed by atoms with Gasteiger partial charge in [-0.25, -0.2) is 4.68 Å². The van der Waals surface area contributed by atoms with Gasteiger partial charge in [0.1, 0.15) is 5.56 Å². The number of carbonyl (C=O) groups excluding carboxylic acids is 1. The highest BCUT2D eigenvalue weighted by Crippen LogP contribution is 2.35. The first-order valence-electron chi connectivity index (χ1n) is 10.6. The van der Waals surface area contributed by atoms with Crippen molar-refractivity contribution < 1.29 is 22.3 Å². The molecule has 0 aliphatic heterocycles. The highest BCUT2D eigenvalue weighted by atomic mass is 32.2. The Bertz CT molecular complexity index is 1220. The Labute approximate surface area is 194 Å². The zero-order valence-corrected chi connectivity index (χ0v) is 21.1. The van der Waals surface area contributed by atoms with Crippen LogP contribution in [-0.4, -0.2) is 34.2 Å². The molecule has 0 amide bonds. The highest BCUT2D eigenvalue weighted by molar-refractivity contribution is 7.87. The van der Waals surface area contributed by atoms with Gasteiger partial charge < -0.3 is 4.18 Å². The van der Waals surface area contributed by atoms with Gasteiger partial charge in [0.05, 0.1) is 21.9 Å². The van der Waals surface area contributed by atoms with Crippen molar-refractivity contribution in [1.82, 2.24) is 9.78 Å². The SMILES string of the molecule is CC(C)=C(C)c1c([N+](=O)[O-])ccc(C(=O)c2cnn(CC(C)C)c2OS(=O)(=O)C(C)C)c1C. The van der Waals surface area contributed by atoms with Gasteiger partial charge in [-0.1, -0.05) is 19.4 Å². The lowest BCUT2D eigenvalue weighted by Crippen LogP contribution is -2.23.